The standard InChI is InChI=1S/C15H20ClN3/c1-2-19-14-9-10(16)7-8-13(14)18-15(19)11-5-3-4-6-12(11)17/h7-9,11-12H,2-6,17H2,1H3. The first-order valence-electron chi connectivity index (χ1n) is 7.12. The first-order valence-corrected chi connectivity index (χ1v) is 7.49. The second-order valence-corrected chi connectivity index (χ2v) is 5.84. The lowest BCUT2D eigenvalue weighted by molar-refractivity contribution is 0.366. The van der Waals surface area contributed by atoms with E-state index in [1.54, 1.807) is 0 Å². The lowest BCUT2D eigenvalue weighted by Crippen LogP contribution is -2.33. The number of halogens is 1. The zero-order valence-electron chi connectivity index (χ0n) is 11.3. The number of nitrogens with zero attached hydrogens (tertiary/aromatic N) is 2. The molecule has 19 heavy (non-hydrogen) atoms. The van der Waals surface area contributed by atoms with Crippen molar-refractivity contribution >= 4 is 22.6 Å². The molecule has 0 radical (unpaired) electrons. The average molecular weight is 278 g/mol. The van der Waals surface area contributed by atoms with Crippen LogP contribution in [0, 0.1) is 0 Å². The van der Waals surface area contributed by atoms with Crippen molar-refractivity contribution in [3.8, 4) is 0 Å². The molecule has 0 amide bonds. The van der Waals surface area contributed by atoms with Crippen molar-refractivity contribution in [3.05, 3.63) is 29.0 Å². The molecule has 2 N–H and O–H groups in total. The van der Waals surface area contributed by atoms with E-state index in [9.17, 15) is 0 Å². The largest absolute Gasteiger partial charge is 0.328 e. The molecule has 0 bridgehead atoms. The van der Waals surface area contributed by atoms with E-state index in [-0.39, 0.29) is 6.04 Å². The van der Waals surface area contributed by atoms with E-state index >= 15 is 0 Å². The van der Waals surface area contributed by atoms with Crippen molar-refractivity contribution in [2.45, 2.75) is 51.1 Å². The van der Waals surface area contributed by atoms with Gasteiger partial charge in [-0.1, -0.05) is 24.4 Å². The quantitative estimate of drug-likeness (QED) is 0.910. The Labute approximate surface area is 118 Å². The average Bonchev–Trinajstić information content (AvgIpc) is 2.76. The number of nitrogens with two attached hydrogens (primary N) is 1. The normalized spacial score (nSPS) is 23.9. The summed E-state index contributed by atoms with van der Waals surface area (Å²) in [7, 11) is 0. The van der Waals surface area contributed by atoms with Crippen molar-refractivity contribution in [1.82, 2.24) is 9.55 Å². The van der Waals surface area contributed by atoms with Gasteiger partial charge in [0.25, 0.3) is 0 Å². The molecular formula is C15H20ClN3. The predicted molar refractivity (Wildman–Crippen MR) is 79.6 cm³/mol. The van der Waals surface area contributed by atoms with Crippen LogP contribution in [0.3, 0.4) is 0 Å². The van der Waals surface area contributed by atoms with Gasteiger partial charge in [-0.25, -0.2) is 4.98 Å². The van der Waals surface area contributed by atoms with E-state index in [2.05, 4.69) is 11.5 Å². The van der Waals surface area contributed by atoms with Gasteiger partial charge in [0, 0.05) is 23.5 Å². The van der Waals surface area contributed by atoms with E-state index in [4.69, 9.17) is 22.3 Å². The molecule has 102 valence electrons. The summed E-state index contributed by atoms with van der Waals surface area (Å²) in [6, 6.07) is 6.15. The molecule has 1 aromatic carbocycles. The molecule has 1 heterocycles. The van der Waals surface area contributed by atoms with E-state index < -0.39 is 0 Å². The molecule has 0 spiro atoms. The van der Waals surface area contributed by atoms with Gasteiger partial charge >= 0.3 is 0 Å². The summed E-state index contributed by atoms with van der Waals surface area (Å²) in [6.07, 6.45) is 4.76. The molecule has 1 aliphatic rings. The molecule has 1 aliphatic carbocycles. The van der Waals surface area contributed by atoms with Crippen molar-refractivity contribution in [3.63, 3.8) is 0 Å². The molecule has 1 saturated carbocycles. The highest BCUT2D eigenvalue weighted by Gasteiger charge is 2.28. The third-order valence-corrected chi connectivity index (χ3v) is 4.44. The molecule has 2 unspecified atom stereocenters. The maximum atomic E-state index is 6.31. The molecule has 0 saturated heterocycles. The van der Waals surface area contributed by atoms with Gasteiger partial charge in [-0.15, -0.1) is 0 Å². The first-order chi connectivity index (χ1) is 9.20. The number of aromatic nitrogens is 2. The van der Waals surface area contributed by atoms with Gasteiger partial charge in [-0.3, -0.25) is 0 Å². The van der Waals surface area contributed by atoms with Crippen LogP contribution in [-0.2, 0) is 6.54 Å². The van der Waals surface area contributed by atoms with Crippen molar-refractivity contribution in [1.29, 1.82) is 0 Å². The summed E-state index contributed by atoms with van der Waals surface area (Å²) in [5.74, 6) is 1.53. The Morgan fingerprint density at radius 1 is 1.37 bits per heavy atom. The summed E-state index contributed by atoms with van der Waals surface area (Å²) in [6.45, 7) is 3.06. The number of fused-ring (bicyclic) bond motifs is 1. The Balaban J connectivity index is 2.12. The summed E-state index contributed by atoms with van der Waals surface area (Å²) in [4.78, 5) is 4.82. The van der Waals surface area contributed by atoms with Gasteiger partial charge in [0.15, 0.2) is 0 Å². The second-order valence-electron chi connectivity index (χ2n) is 5.40. The van der Waals surface area contributed by atoms with E-state index in [0.717, 1.165) is 41.3 Å². The Kier molecular flexibility index (Phi) is 3.50. The number of hydrogen-bond acceptors (Lipinski definition) is 2. The van der Waals surface area contributed by atoms with Gasteiger partial charge in [0.05, 0.1) is 11.0 Å². The van der Waals surface area contributed by atoms with Crippen LogP contribution >= 0.6 is 11.6 Å². The summed E-state index contributed by atoms with van der Waals surface area (Å²) in [5, 5.41) is 0.765. The number of rotatable bonds is 2. The molecule has 1 fully saturated rings. The molecule has 4 heteroatoms. The van der Waals surface area contributed by atoms with Crippen LogP contribution in [0.25, 0.3) is 11.0 Å². The Bertz CT molecular complexity index is 590. The lowest BCUT2D eigenvalue weighted by Gasteiger charge is -2.28. The minimum atomic E-state index is 0.242. The molecule has 1 aromatic heterocycles. The third-order valence-electron chi connectivity index (χ3n) is 4.21. The monoisotopic (exact) mass is 277 g/mol. The van der Waals surface area contributed by atoms with Crippen LogP contribution in [0.15, 0.2) is 18.2 Å². The third kappa shape index (κ3) is 2.26. The van der Waals surface area contributed by atoms with Crippen LogP contribution in [0.1, 0.15) is 44.3 Å². The maximum Gasteiger partial charge on any atom is 0.114 e. The van der Waals surface area contributed by atoms with Crippen LogP contribution in [0.4, 0.5) is 0 Å². The van der Waals surface area contributed by atoms with Gasteiger partial charge in [0.1, 0.15) is 5.82 Å². The SMILES string of the molecule is CCn1c(C2CCCCC2N)nc2ccc(Cl)cc21. The van der Waals surface area contributed by atoms with Crippen LogP contribution in [0.2, 0.25) is 5.02 Å². The van der Waals surface area contributed by atoms with E-state index in [0.29, 0.717) is 5.92 Å². The highest BCUT2D eigenvalue weighted by molar-refractivity contribution is 6.31. The molecule has 0 aliphatic heterocycles. The van der Waals surface area contributed by atoms with Crippen molar-refractivity contribution in [2.24, 2.45) is 5.73 Å². The number of hydrogen-bond donors (Lipinski definition) is 1. The van der Waals surface area contributed by atoms with Gasteiger partial charge in [-0.05, 0) is 38.0 Å². The molecule has 2 atom stereocenters. The first kappa shape index (κ1) is 12.9. The smallest absolute Gasteiger partial charge is 0.114 e. The molecule has 3 nitrogen and oxygen atoms in total. The zero-order chi connectivity index (χ0) is 13.4. The minimum Gasteiger partial charge on any atom is -0.328 e. The van der Waals surface area contributed by atoms with Gasteiger partial charge < -0.3 is 10.3 Å². The highest BCUT2D eigenvalue weighted by Crippen LogP contribution is 2.33. The topological polar surface area (TPSA) is 43.8 Å². The van der Waals surface area contributed by atoms with Crippen molar-refractivity contribution in [2.75, 3.05) is 0 Å². The molecule has 2 aromatic rings. The van der Waals surface area contributed by atoms with Crippen LogP contribution in [0.5, 0.6) is 0 Å². The fourth-order valence-electron chi connectivity index (χ4n) is 3.21. The predicted octanol–water partition coefficient (Wildman–Crippen LogP) is 3.69. The van der Waals surface area contributed by atoms with Crippen LogP contribution < -0.4 is 5.73 Å². The number of aryl methyl sites for hydroxylation is 1. The molecular weight excluding hydrogens is 258 g/mol. The van der Waals surface area contributed by atoms with E-state index in [1.807, 2.05) is 18.2 Å². The summed E-state index contributed by atoms with van der Waals surface area (Å²) in [5.41, 5.74) is 8.46. The minimum absolute atomic E-state index is 0.242. The van der Waals surface area contributed by atoms with Crippen molar-refractivity contribution < 1.29 is 0 Å². The van der Waals surface area contributed by atoms with E-state index in [1.165, 1.54) is 12.8 Å². The Morgan fingerprint density at radius 3 is 2.89 bits per heavy atom. The lowest BCUT2D eigenvalue weighted by atomic mass is 9.84. The van der Waals surface area contributed by atoms with Gasteiger partial charge in [0.2, 0.25) is 0 Å². The Morgan fingerprint density at radius 2 is 2.16 bits per heavy atom. The molecule has 3 rings (SSSR count). The van der Waals surface area contributed by atoms with Gasteiger partial charge in [-0.2, -0.15) is 0 Å². The fraction of sp³-hybridized carbons (Fsp3) is 0.533. The second kappa shape index (κ2) is 5.14. The highest BCUT2D eigenvalue weighted by atomic mass is 35.5. The number of benzene rings is 1. The summed E-state index contributed by atoms with van der Waals surface area (Å²) < 4.78 is 2.27. The Hall–Kier alpha value is -1.06. The number of imidazole rings is 1. The summed E-state index contributed by atoms with van der Waals surface area (Å²) >= 11 is 6.11. The fourth-order valence-corrected chi connectivity index (χ4v) is 3.38. The zero-order valence-corrected chi connectivity index (χ0v) is 12.0. The maximum absolute atomic E-state index is 6.31. The van der Waals surface area contributed by atoms with Crippen LogP contribution in [-0.4, -0.2) is 15.6 Å².